The van der Waals surface area contributed by atoms with E-state index >= 15 is 0 Å². The Morgan fingerprint density at radius 1 is 1.25 bits per heavy atom. The van der Waals surface area contributed by atoms with E-state index in [1.54, 1.807) is 0 Å². The molecule has 2 aromatic rings. The number of aryl methyl sites for hydroxylation is 2. The number of carbonyl (C=O) groups excluding carboxylic acids is 1. The Kier molecular flexibility index (Phi) is 4.83. The zero-order valence-electron chi connectivity index (χ0n) is 12.7. The number of nitrogens with zero attached hydrogens (tertiary/aromatic N) is 2. The second-order valence-corrected chi connectivity index (χ2v) is 5.31. The molecule has 3 nitrogen and oxygen atoms in total. The summed E-state index contributed by atoms with van der Waals surface area (Å²) < 4.78 is 2.24. The Bertz CT molecular complexity index is 586. The quantitative estimate of drug-likeness (QED) is 0.790. The van der Waals surface area contributed by atoms with Crippen LogP contribution in [-0.4, -0.2) is 29.0 Å². The summed E-state index contributed by atoms with van der Waals surface area (Å²) in [5.41, 5.74) is 2.51. The van der Waals surface area contributed by atoms with Gasteiger partial charge in [-0.25, -0.2) is 0 Å². The summed E-state index contributed by atoms with van der Waals surface area (Å²) >= 11 is 0. The van der Waals surface area contributed by atoms with Gasteiger partial charge in [-0.1, -0.05) is 13.0 Å². The SMILES string of the molecule is CCCN(C)C(=O)CCc1ccc2c(ccn2CC)c1. The Balaban J connectivity index is 2.02. The highest BCUT2D eigenvalue weighted by Crippen LogP contribution is 2.18. The lowest BCUT2D eigenvalue weighted by atomic mass is 10.1. The van der Waals surface area contributed by atoms with Gasteiger partial charge in [-0.2, -0.15) is 0 Å². The summed E-state index contributed by atoms with van der Waals surface area (Å²) in [6.07, 6.45) is 4.55. The smallest absolute Gasteiger partial charge is 0.222 e. The lowest BCUT2D eigenvalue weighted by Gasteiger charge is -2.15. The highest BCUT2D eigenvalue weighted by Gasteiger charge is 2.08. The highest BCUT2D eigenvalue weighted by atomic mass is 16.2. The van der Waals surface area contributed by atoms with Crippen molar-refractivity contribution >= 4 is 16.8 Å². The second-order valence-electron chi connectivity index (χ2n) is 5.31. The molecule has 0 bridgehead atoms. The molecule has 0 radical (unpaired) electrons. The average Bonchev–Trinajstić information content (AvgIpc) is 2.87. The molecule has 1 amide bonds. The normalized spacial score (nSPS) is 10.9. The summed E-state index contributed by atoms with van der Waals surface area (Å²) in [4.78, 5) is 13.8. The van der Waals surface area contributed by atoms with Gasteiger partial charge in [0.2, 0.25) is 5.91 Å². The van der Waals surface area contributed by atoms with Crippen molar-refractivity contribution in [2.24, 2.45) is 0 Å². The van der Waals surface area contributed by atoms with Gasteiger partial charge < -0.3 is 9.47 Å². The lowest BCUT2D eigenvalue weighted by Crippen LogP contribution is -2.27. The Hall–Kier alpha value is -1.77. The summed E-state index contributed by atoms with van der Waals surface area (Å²) in [6.45, 7) is 6.08. The predicted molar refractivity (Wildman–Crippen MR) is 83.9 cm³/mol. The molecule has 0 aliphatic carbocycles. The van der Waals surface area contributed by atoms with Crippen molar-refractivity contribution in [2.45, 2.75) is 39.7 Å². The van der Waals surface area contributed by atoms with Crippen LogP contribution in [0.1, 0.15) is 32.3 Å². The molecule has 0 unspecified atom stereocenters. The van der Waals surface area contributed by atoms with Crippen molar-refractivity contribution in [3.63, 3.8) is 0 Å². The van der Waals surface area contributed by atoms with Crippen LogP contribution in [0.4, 0.5) is 0 Å². The molecule has 0 atom stereocenters. The third-order valence-corrected chi connectivity index (χ3v) is 3.79. The van der Waals surface area contributed by atoms with Crippen molar-refractivity contribution < 1.29 is 4.79 Å². The Morgan fingerprint density at radius 3 is 2.75 bits per heavy atom. The van der Waals surface area contributed by atoms with Gasteiger partial charge in [-0.3, -0.25) is 4.79 Å². The van der Waals surface area contributed by atoms with Crippen molar-refractivity contribution in [3.8, 4) is 0 Å². The molecule has 1 aromatic heterocycles. The van der Waals surface area contributed by atoms with E-state index in [-0.39, 0.29) is 5.91 Å². The minimum Gasteiger partial charge on any atom is -0.348 e. The van der Waals surface area contributed by atoms with E-state index in [2.05, 4.69) is 48.9 Å². The van der Waals surface area contributed by atoms with Crippen LogP contribution in [-0.2, 0) is 17.8 Å². The van der Waals surface area contributed by atoms with Crippen LogP contribution in [0.5, 0.6) is 0 Å². The number of hydrogen-bond acceptors (Lipinski definition) is 1. The Morgan fingerprint density at radius 2 is 2.05 bits per heavy atom. The largest absolute Gasteiger partial charge is 0.348 e. The predicted octanol–water partition coefficient (Wildman–Crippen LogP) is 3.46. The molecule has 1 heterocycles. The fourth-order valence-electron chi connectivity index (χ4n) is 2.58. The third kappa shape index (κ3) is 3.21. The van der Waals surface area contributed by atoms with Gasteiger partial charge in [0.25, 0.3) is 0 Å². The third-order valence-electron chi connectivity index (χ3n) is 3.79. The fraction of sp³-hybridized carbons (Fsp3) is 0.471. The standard InChI is InChI=1S/C17H24N2O/c1-4-11-18(3)17(20)9-7-14-6-8-16-15(13-14)10-12-19(16)5-2/h6,8,10,12-13H,4-5,7,9,11H2,1-3H3. The monoisotopic (exact) mass is 272 g/mol. The summed E-state index contributed by atoms with van der Waals surface area (Å²) in [7, 11) is 1.89. The number of benzene rings is 1. The van der Waals surface area contributed by atoms with Crippen LogP contribution in [0.3, 0.4) is 0 Å². The zero-order valence-corrected chi connectivity index (χ0v) is 12.7. The average molecular weight is 272 g/mol. The van der Waals surface area contributed by atoms with Gasteiger partial charge in [0.05, 0.1) is 0 Å². The molecular formula is C17H24N2O. The number of rotatable bonds is 6. The molecule has 20 heavy (non-hydrogen) atoms. The van der Waals surface area contributed by atoms with Gasteiger partial charge in [0.1, 0.15) is 0 Å². The van der Waals surface area contributed by atoms with Crippen molar-refractivity contribution in [1.82, 2.24) is 9.47 Å². The van der Waals surface area contributed by atoms with Crippen molar-refractivity contribution in [3.05, 3.63) is 36.0 Å². The first-order valence-electron chi connectivity index (χ1n) is 7.47. The number of aromatic nitrogens is 1. The van der Waals surface area contributed by atoms with Gasteiger partial charge in [0, 0.05) is 38.3 Å². The fourth-order valence-corrected chi connectivity index (χ4v) is 2.58. The van der Waals surface area contributed by atoms with Crippen molar-refractivity contribution in [2.75, 3.05) is 13.6 Å². The number of fused-ring (bicyclic) bond motifs is 1. The van der Waals surface area contributed by atoms with Gasteiger partial charge in [-0.05, 0) is 48.9 Å². The molecule has 3 heteroatoms. The van der Waals surface area contributed by atoms with Gasteiger partial charge in [-0.15, -0.1) is 0 Å². The molecule has 1 aromatic carbocycles. The maximum Gasteiger partial charge on any atom is 0.222 e. The first-order valence-corrected chi connectivity index (χ1v) is 7.47. The van der Waals surface area contributed by atoms with Gasteiger partial charge >= 0.3 is 0 Å². The molecule has 0 aliphatic rings. The maximum absolute atomic E-state index is 11.9. The van der Waals surface area contributed by atoms with E-state index in [1.165, 1.54) is 16.5 Å². The maximum atomic E-state index is 11.9. The number of amides is 1. The summed E-state index contributed by atoms with van der Waals surface area (Å²) in [5, 5.41) is 1.26. The Labute approximate surface area is 121 Å². The van der Waals surface area contributed by atoms with Crippen LogP contribution in [0.15, 0.2) is 30.5 Å². The minimum atomic E-state index is 0.234. The topological polar surface area (TPSA) is 25.2 Å². The molecule has 0 N–H and O–H groups in total. The van der Waals surface area contributed by atoms with E-state index in [1.807, 2.05) is 11.9 Å². The molecule has 0 fully saturated rings. The highest BCUT2D eigenvalue weighted by molar-refractivity contribution is 5.81. The molecule has 0 aliphatic heterocycles. The number of hydrogen-bond donors (Lipinski definition) is 0. The van der Waals surface area contributed by atoms with E-state index in [0.29, 0.717) is 6.42 Å². The molecule has 2 rings (SSSR count). The van der Waals surface area contributed by atoms with E-state index in [9.17, 15) is 4.79 Å². The minimum absolute atomic E-state index is 0.234. The van der Waals surface area contributed by atoms with E-state index < -0.39 is 0 Å². The zero-order chi connectivity index (χ0) is 14.5. The molecular weight excluding hydrogens is 248 g/mol. The number of carbonyl (C=O) groups is 1. The second kappa shape index (κ2) is 6.60. The van der Waals surface area contributed by atoms with E-state index in [0.717, 1.165) is 25.9 Å². The van der Waals surface area contributed by atoms with Crippen molar-refractivity contribution in [1.29, 1.82) is 0 Å². The lowest BCUT2D eigenvalue weighted by molar-refractivity contribution is -0.129. The van der Waals surface area contributed by atoms with Crippen LogP contribution < -0.4 is 0 Å². The van der Waals surface area contributed by atoms with Gasteiger partial charge in [0.15, 0.2) is 0 Å². The summed E-state index contributed by atoms with van der Waals surface area (Å²) in [5.74, 6) is 0.234. The molecule has 108 valence electrons. The van der Waals surface area contributed by atoms with Crippen LogP contribution >= 0.6 is 0 Å². The van der Waals surface area contributed by atoms with Crippen LogP contribution in [0.2, 0.25) is 0 Å². The molecule has 0 saturated carbocycles. The van der Waals surface area contributed by atoms with Crippen LogP contribution in [0, 0.1) is 0 Å². The van der Waals surface area contributed by atoms with Crippen LogP contribution in [0.25, 0.3) is 10.9 Å². The first kappa shape index (κ1) is 14.6. The summed E-state index contributed by atoms with van der Waals surface area (Å²) in [6, 6.07) is 8.65. The molecule has 0 spiro atoms. The molecule has 0 saturated heterocycles. The first-order chi connectivity index (χ1) is 9.65. The van der Waals surface area contributed by atoms with E-state index in [4.69, 9.17) is 0 Å².